The van der Waals surface area contributed by atoms with Crippen molar-refractivity contribution in [3.05, 3.63) is 63.3 Å². The number of benzene rings is 2. The minimum atomic E-state index is -0.837. The Morgan fingerprint density at radius 2 is 2.04 bits per heavy atom. The zero-order valence-electron chi connectivity index (χ0n) is 15.3. The fraction of sp³-hybridized carbons (Fsp3) is 0.318. The van der Waals surface area contributed by atoms with Gasteiger partial charge in [0.2, 0.25) is 0 Å². The number of rotatable bonds is 3. The van der Waals surface area contributed by atoms with Crippen molar-refractivity contribution in [3.63, 3.8) is 0 Å². The van der Waals surface area contributed by atoms with Crippen LogP contribution in [0.2, 0.25) is 0 Å². The minimum absolute atomic E-state index is 0.131. The molecule has 1 aromatic heterocycles. The van der Waals surface area contributed by atoms with Crippen LogP contribution in [0.15, 0.2) is 44.9 Å². The Bertz CT molecular complexity index is 1030. The Hall–Kier alpha value is -1.66. The zero-order valence-corrected chi connectivity index (χ0v) is 18.2. The van der Waals surface area contributed by atoms with Gasteiger partial charge >= 0.3 is 162 Å². The molecule has 0 spiro atoms. The predicted octanol–water partition coefficient (Wildman–Crippen LogP) is 3.58. The summed E-state index contributed by atoms with van der Waals surface area (Å²) in [5.74, 6) is 1.39. The van der Waals surface area contributed by atoms with Gasteiger partial charge in [-0.05, 0) is 7.05 Å². The predicted molar refractivity (Wildman–Crippen MR) is 107 cm³/mol. The molecule has 2 aliphatic heterocycles. The first-order valence-corrected chi connectivity index (χ1v) is 12.6. The number of fused-ring (bicyclic) bond motifs is 2. The molecule has 0 amide bonds. The van der Waals surface area contributed by atoms with Gasteiger partial charge in [-0.25, -0.2) is 0 Å². The molecule has 0 bridgehead atoms. The van der Waals surface area contributed by atoms with Gasteiger partial charge in [0.25, 0.3) is 0 Å². The van der Waals surface area contributed by atoms with Gasteiger partial charge in [0.15, 0.2) is 0 Å². The van der Waals surface area contributed by atoms with E-state index in [-0.39, 0.29) is 5.82 Å². The molecule has 3 nitrogen and oxygen atoms in total. The van der Waals surface area contributed by atoms with Crippen LogP contribution in [0.25, 0.3) is 16.7 Å². The van der Waals surface area contributed by atoms with E-state index in [0.29, 0.717) is 5.92 Å². The van der Waals surface area contributed by atoms with Crippen LogP contribution >= 0.6 is 0 Å². The van der Waals surface area contributed by atoms with Crippen LogP contribution in [0, 0.1) is 11.7 Å². The number of halogens is 1. The summed E-state index contributed by atoms with van der Waals surface area (Å²) in [5.41, 5.74) is 5.35. The first kappa shape index (κ1) is 17.4. The molecule has 0 unspecified atom stereocenters. The summed E-state index contributed by atoms with van der Waals surface area (Å²) in [7, 11) is 2.19. The second kappa shape index (κ2) is 7.06. The number of hydrogen-bond donors (Lipinski definition) is 0. The molecule has 3 heterocycles. The first-order valence-electron chi connectivity index (χ1n) is 9.51. The standard InChI is InChI=1S/C22H21FN2O.Sn/c1-15(17-3-6-19(23)7-4-17)18-5-8-20-21(14-18)26-22(24-20)13-16-9-11-25(2)12-10-16;/h1,3,5-8,14,16H,9-13H2,2H3;. The topological polar surface area (TPSA) is 29.3 Å². The van der Waals surface area contributed by atoms with Crippen molar-refractivity contribution in [2.75, 3.05) is 20.1 Å². The van der Waals surface area contributed by atoms with E-state index in [0.717, 1.165) is 42.1 Å². The van der Waals surface area contributed by atoms with Crippen molar-refractivity contribution in [2.24, 2.45) is 5.92 Å². The SMILES string of the molecule is CN1CCC(Cc2nc3ccc(C4=[CH][Sn][c]5cc(F)ccc54)cc3o2)CC1. The molecule has 1 saturated heterocycles. The molecule has 5 rings (SSSR count). The van der Waals surface area contributed by atoms with Crippen molar-refractivity contribution in [1.82, 2.24) is 9.88 Å². The van der Waals surface area contributed by atoms with Gasteiger partial charge < -0.3 is 0 Å². The summed E-state index contributed by atoms with van der Waals surface area (Å²) in [4.78, 5) is 7.10. The third-order valence-electron chi connectivity index (χ3n) is 5.69. The van der Waals surface area contributed by atoms with Crippen molar-refractivity contribution >= 4 is 41.4 Å². The maximum absolute atomic E-state index is 13.5. The van der Waals surface area contributed by atoms with Gasteiger partial charge in [0.05, 0.1) is 0 Å². The van der Waals surface area contributed by atoms with E-state index < -0.39 is 21.1 Å². The van der Waals surface area contributed by atoms with Crippen molar-refractivity contribution in [3.8, 4) is 0 Å². The molecule has 136 valence electrons. The zero-order chi connectivity index (χ0) is 18.4. The summed E-state index contributed by atoms with van der Waals surface area (Å²) >= 11 is -0.837. The van der Waals surface area contributed by atoms with Crippen LogP contribution in [0.1, 0.15) is 29.9 Å². The average molecular weight is 467 g/mol. The summed E-state index contributed by atoms with van der Waals surface area (Å²) in [5, 5.41) is 0. The molecule has 2 aromatic carbocycles. The molecule has 3 aromatic rings. The average Bonchev–Trinajstić information content (AvgIpc) is 3.25. The van der Waals surface area contributed by atoms with Gasteiger partial charge in [-0.1, -0.05) is 0 Å². The van der Waals surface area contributed by atoms with E-state index in [1.165, 1.54) is 27.6 Å². The van der Waals surface area contributed by atoms with Crippen LogP contribution in [0.5, 0.6) is 0 Å². The normalized spacial score (nSPS) is 18.1. The number of aromatic nitrogens is 1. The molecule has 0 saturated carbocycles. The molecule has 0 atom stereocenters. The summed E-state index contributed by atoms with van der Waals surface area (Å²) < 4.78 is 23.2. The van der Waals surface area contributed by atoms with Crippen LogP contribution in [0.4, 0.5) is 4.39 Å². The Labute approximate surface area is 168 Å². The van der Waals surface area contributed by atoms with Gasteiger partial charge in [-0.2, -0.15) is 0 Å². The van der Waals surface area contributed by atoms with E-state index in [1.54, 1.807) is 12.1 Å². The van der Waals surface area contributed by atoms with Crippen molar-refractivity contribution in [1.29, 1.82) is 0 Å². The van der Waals surface area contributed by atoms with E-state index in [1.807, 2.05) is 6.07 Å². The quantitative estimate of drug-likeness (QED) is 0.552. The molecule has 2 aliphatic rings. The molecule has 0 aliphatic carbocycles. The molecule has 2 radical (unpaired) electrons. The Kier molecular flexibility index (Phi) is 4.56. The van der Waals surface area contributed by atoms with Gasteiger partial charge in [-0.3, -0.25) is 0 Å². The summed E-state index contributed by atoms with van der Waals surface area (Å²) in [6, 6.07) is 11.5. The fourth-order valence-corrected chi connectivity index (χ4v) is 7.55. The van der Waals surface area contributed by atoms with Crippen molar-refractivity contribution in [2.45, 2.75) is 19.3 Å². The van der Waals surface area contributed by atoms with Gasteiger partial charge in [0.1, 0.15) is 0 Å². The maximum atomic E-state index is 13.5. The Morgan fingerprint density at radius 3 is 2.89 bits per heavy atom. The van der Waals surface area contributed by atoms with Crippen LogP contribution in [0.3, 0.4) is 0 Å². The van der Waals surface area contributed by atoms with E-state index in [9.17, 15) is 4.39 Å². The van der Waals surface area contributed by atoms with Crippen molar-refractivity contribution < 1.29 is 8.81 Å². The van der Waals surface area contributed by atoms with Crippen LogP contribution in [-0.4, -0.2) is 51.2 Å². The van der Waals surface area contributed by atoms with E-state index in [2.05, 4.69) is 34.2 Å². The third-order valence-corrected chi connectivity index (χ3v) is 8.99. The van der Waals surface area contributed by atoms with Gasteiger partial charge in [-0.15, -0.1) is 0 Å². The van der Waals surface area contributed by atoms with E-state index >= 15 is 0 Å². The number of oxazole rings is 1. The molecule has 27 heavy (non-hydrogen) atoms. The summed E-state index contributed by atoms with van der Waals surface area (Å²) in [6.45, 7) is 2.32. The number of piperidine rings is 1. The number of nitrogens with zero attached hydrogens (tertiary/aromatic N) is 2. The Morgan fingerprint density at radius 1 is 1.19 bits per heavy atom. The molecular formula is C22H21FN2OSn. The first-order chi connectivity index (χ1) is 13.2. The van der Waals surface area contributed by atoms with E-state index in [4.69, 9.17) is 9.40 Å². The number of hydrogen-bond acceptors (Lipinski definition) is 3. The monoisotopic (exact) mass is 468 g/mol. The molecule has 0 N–H and O–H groups in total. The third kappa shape index (κ3) is 3.45. The molecule has 5 heteroatoms. The second-order valence-electron chi connectivity index (χ2n) is 7.63. The van der Waals surface area contributed by atoms with Crippen LogP contribution < -0.4 is 3.58 Å². The second-order valence-corrected chi connectivity index (χ2v) is 10.8. The molecular weight excluding hydrogens is 446 g/mol. The van der Waals surface area contributed by atoms with Gasteiger partial charge in [0, 0.05) is 0 Å². The van der Waals surface area contributed by atoms with Crippen LogP contribution in [-0.2, 0) is 6.42 Å². The number of likely N-dealkylation sites (tertiary alicyclic amines) is 1. The Balaban J connectivity index is 1.40. The molecule has 1 fully saturated rings. The summed E-state index contributed by atoms with van der Waals surface area (Å²) in [6.07, 6.45) is 3.36. The fourth-order valence-electron chi connectivity index (χ4n) is 4.08.